The molecule has 30 heavy (non-hydrogen) atoms. The largest absolute Gasteiger partial charge is 0.394 e. The number of anilines is 1. The minimum Gasteiger partial charge on any atom is -0.394 e. The Kier molecular flexibility index (Phi) is 6.43. The second kappa shape index (κ2) is 9.06. The van der Waals surface area contributed by atoms with E-state index in [0.29, 0.717) is 24.5 Å². The first-order chi connectivity index (χ1) is 14.5. The summed E-state index contributed by atoms with van der Waals surface area (Å²) in [5.74, 6) is 0.977. The molecule has 3 heterocycles. The number of nitrogens with zero attached hydrogens (tertiary/aromatic N) is 3. The molecule has 1 saturated heterocycles. The molecule has 3 aliphatic rings. The molecule has 0 aromatic carbocycles. The van der Waals surface area contributed by atoms with Gasteiger partial charge in [-0.25, -0.2) is 14.8 Å². The van der Waals surface area contributed by atoms with Crippen molar-refractivity contribution in [3.05, 3.63) is 17.5 Å². The molecule has 2 fully saturated rings. The lowest BCUT2D eigenvalue weighted by atomic mass is 9.84. The quantitative estimate of drug-likeness (QED) is 0.681. The number of carbonyl (C=O) groups is 1. The standard InChI is InChI=1S/C22H35N5O3/c1-22(2)17-12-23-20(24-16-8-10-30-11-9-16)25-18(17)13-27(22)21(29)26-19(14-28)15-6-4-3-5-7-15/h12,15-16,19,28H,3-11,13-14H2,1-2H3,(H,26,29)(H,23,24,25). The number of ether oxygens (including phenoxy) is 1. The molecule has 1 aromatic heterocycles. The van der Waals surface area contributed by atoms with Gasteiger partial charge in [-0.05, 0) is 45.4 Å². The molecule has 3 N–H and O–H groups in total. The van der Waals surface area contributed by atoms with Crippen LogP contribution in [0.3, 0.4) is 0 Å². The molecular weight excluding hydrogens is 382 g/mol. The minimum atomic E-state index is -0.497. The molecule has 0 radical (unpaired) electrons. The lowest BCUT2D eigenvalue weighted by Gasteiger charge is -2.35. The molecule has 1 aliphatic carbocycles. The second-order valence-electron chi connectivity index (χ2n) is 9.37. The van der Waals surface area contributed by atoms with E-state index in [4.69, 9.17) is 9.72 Å². The van der Waals surface area contributed by atoms with E-state index in [0.717, 1.165) is 50.2 Å². The topological polar surface area (TPSA) is 99.6 Å². The zero-order valence-electron chi connectivity index (χ0n) is 18.2. The maximum atomic E-state index is 13.2. The third-order valence-corrected chi connectivity index (χ3v) is 7.03. The van der Waals surface area contributed by atoms with Crippen molar-refractivity contribution in [1.82, 2.24) is 20.2 Å². The number of aromatic nitrogens is 2. The lowest BCUT2D eigenvalue weighted by Crippen LogP contribution is -2.52. The zero-order valence-corrected chi connectivity index (χ0v) is 18.2. The maximum absolute atomic E-state index is 13.2. The number of hydrogen-bond donors (Lipinski definition) is 3. The van der Waals surface area contributed by atoms with Gasteiger partial charge in [0.1, 0.15) is 0 Å². The molecule has 8 heteroatoms. The van der Waals surface area contributed by atoms with E-state index < -0.39 is 5.54 Å². The number of urea groups is 1. The fraction of sp³-hybridized carbons (Fsp3) is 0.773. The van der Waals surface area contributed by atoms with Gasteiger partial charge < -0.3 is 25.4 Å². The Bertz CT molecular complexity index is 744. The van der Waals surface area contributed by atoms with Crippen LogP contribution in [0.25, 0.3) is 0 Å². The Morgan fingerprint density at radius 2 is 2.00 bits per heavy atom. The van der Waals surface area contributed by atoms with E-state index in [1.54, 1.807) is 0 Å². The van der Waals surface area contributed by atoms with Gasteiger partial charge in [-0.1, -0.05) is 19.3 Å². The van der Waals surface area contributed by atoms with Gasteiger partial charge in [-0.2, -0.15) is 0 Å². The summed E-state index contributed by atoms with van der Waals surface area (Å²) in [7, 11) is 0. The molecule has 1 unspecified atom stereocenters. The summed E-state index contributed by atoms with van der Waals surface area (Å²) in [5, 5.41) is 16.4. The van der Waals surface area contributed by atoms with Crippen LogP contribution in [0, 0.1) is 5.92 Å². The van der Waals surface area contributed by atoms with E-state index in [1.165, 1.54) is 19.3 Å². The highest BCUT2D eigenvalue weighted by atomic mass is 16.5. The summed E-state index contributed by atoms with van der Waals surface area (Å²) in [5.41, 5.74) is 1.37. The SMILES string of the molecule is CC1(C)c2cnc(NC3CCOCC3)nc2CN1C(=O)NC(CO)C1CCCCC1. The van der Waals surface area contributed by atoms with Crippen LogP contribution < -0.4 is 10.6 Å². The van der Waals surface area contributed by atoms with E-state index in [-0.39, 0.29) is 18.7 Å². The van der Waals surface area contributed by atoms with Crippen LogP contribution in [0.5, 0.6) is 0 Å². The number of aliphatic hydroxyl groups excluding tert-OH is 1. The Labute approximate surface area is 178 Å². The van der Waals surface area contributed by atoms with Gasteiger partial charge in [0.25, 0.3) is 0 Å². The van der Waals surface area contributed by atoms with E-state index in [9.17, 15) is 9.90 Å². The van der Waals surface area contributed by atoms with E-state index in [1.807, 2.05) is 24.9 Å². The van der Waals surface area contributed by atoms with Crippen LogP contribution >= 0.6 is 0 Å². The van der Waals surface area contributed by atoms with Crippen molar-refractivity contribution in [1.29, 1.82) is 0 Å². The van der Waals surface area contributed by atoms with Crippen LogP contribution in [0.2, 0.25) is 0 Å². The molecule has 1 atom stereocenters. The average Bonchev–Trinajstić information content (AvgIpc) is 3.03. The first-order valence-corrected chi connectivity index (χ1v) is 11.4. The van der Waals surface area contributed by atoms with Crippen molar-refractivity contribution in [3.8, 4) is 0 Å². The number of aliphatic hydroxyl groups is 1. The van der Waals surface area contributed by atoms with Gasteiger partial charge in [-0.15, -0.1) is 0 Å². The Morgan fingerprint density at radius 3 is 2.70 bits per heavy atom. The minimum absolute atomic E-state index is 0.0173. The van der Waals surface area contributed by atoms with Crippen molar-refractivity contribution in [3.63, 3.8) is 0 Å². The normalized spacial score (nSPS) is 23.1. The van der Waals surface area contributed by atoms with Crippen molar-refractivity contribution in [2.24, 2.45) is 5.92 Å². The van der Waals surface area contributed by atoms with E-state index in [2.05, 4.69) is 15.6 Å². The molecule has 1 saturated carbocycles. The molecule has 0 bridgehead atoms. The van der Waals surface area contributed by atoms with Crippen LogP contribution in [-0.2, 0) is 16.8 Å². The van der Waals surface area contributed by atoms with Gasteiger partial charge >= 0.3 is 6.03 Å². The Morgan fingerprint density at radius 1 is 1.27 bits per heavy atom. The third kappa shape index (κ3) is 4.39. The van der Waals surface area contributed by atoms with Crippen LogP contribution in [0.15, 0.2) is 6.20 Å². The summed E-state index contributed by atoms with van der Waals surface area (Å²) in [6.07, 6.45) is 9.49. The first kappa shape index (κ1) is 21.3. The lowest BCUT2D eigenvalue weighted by molar-refractivity contribution is 0.0903. The smallest absolute Gasteiger partial charge is 0.318 e. The number of amides is 2. The van der Waals surface area contributed by atoms with Crippen molar-refractivity contribution < 1.29 is 14.6 Å². The second-order valence-corrected chi connectivity index (χ2v) is 9.37. The molecule has 4 rings (SSSR count). The molecule has 0 spiro atoms. The highest BCUT2D eigenvalue weighted by molar-refractivity contribution is 5.76. The average molecular weight is 418 g/mol. The number of carbonyl (C=O) groups excluding carboxylic acids is 1. The van der Waals surface area contributed by atoms with Crippen LogP contribution in [0.1, 0.15) is 70.1 Å². The fourth-order valence-corrected chi connectivity index (χ4v) is 5.05. The van der Waals surface area contributed by atoms with Gasteiger partial charge in [0.15, 0.2) is 0 Å². The predicted octanol–water partition coefficient (Wildman–Crippen LogP) is 2.77. The molecule has 8 nitrogen and oxygen atoms in total. The number of fused-ring (bicyclic) bond motifs is 1. The summed E-state index contributed by atoms with van der Waals surface area (Å²) < 4.78 is 5.41. The molecular formula is C22H35N5O3. The van der Waals surface area contributed by atoms with Crippen LogP contribution in [-0.4, -0.2) is 57.9 Å². The first-order valence-electron chi connectivity index (χ1n) is 11.4. The number of rotatable bonds is 5. The van der Waals surface area contributed by atoms with Gasteiger partial charge in [-0.3, -0.25) is 0 Å². The fourth-order valence-electron chi connectivity index (χ4n) is 5.05. The monoisotopic (exact) mass is 417 g/mol. The highest BCUT2D eigenvalue weighted by Crippen LogP contribution is 2.38. The highest BCUT2D eigenvalue weighted by Gasteiger charge is 2.42. The van der Waals surface area contributed by atoms with Gasteiger partial charge in [0, 0.05) is 31.0 Å². The summed E-state index contributed by atoms with van der Waals surface area (Å²) in [6, 6.07) is 0.00197. The zero-order chi connectivity index (χ0) is 21.1. The van der Waals surface area contributed by atoms with Gasteiger partial charge in [0.05, 0.1) is 30.4 Å². The third-order valence-electron chi connectivity index (χ3n) is 7.03. The molecule has 2 aliphatic heterocycles. The van der Waals surface area contributed by atoms with Gasteiger partial charge in [0.2, 0.25) is 5.95 Å². The molecule has 166 valence electrons. The maximum Gasteiger partial charge on any atom is 0.318 e. The summed E-state index contributed by atoms with van der Waals surface area (Å²) in [6.45, 7) is 6.01. The predicted molar refractivity (Wildman–Crippen MR) is 114 cm³/mol. The van der Waals surface area contributed by atoms with Crippen LogP contribution in [0.4, 0.5) is 10.7 Å². The summed E-state index contributed by atoms with van der Waals surface area (Å²) in [4.78, 5) is 24.2. The van der Waals surface area contributed by atoms with Crippen molar-refractivity contribution >= 4 is 12.0 Å². The number of hydrogen-bond acceptors (Lipinski definition) is 6. The van der Waals surface area contributed by atoms with Crippen molar-refractivity contribution in [2.45, 2.75) is 83.0 Å². The molecule has 2 amide bonds. The summed E-state index contributed by atoms with van der Waals surface area (Å²) >= 11 is 0. The Hall–Kier alpha value is -1.93. The van der Waals surface area contributed by atoms with Crippen molar-refractivity contribution in [2.75, 3.05) is 25.1 Å². The number of nitrogens with one attached hydrogen (secondary N) is 2. The molecule has 1 aromatic rings. The Balaban J connectivity index is 1.44. The van der Waals surface area contributed by atoms with E-state index >= 15 is 0 Å².